The maximum absolute atomic E-state index is 11.7. The minimum Gasteiger partial charge on any atom is -0.469 e. The highest BCUT2D eigenvalue weighted by Gasteiger charge is 2.15. The molecule has 0 aliphatic carbocycles. The molecule has 2 atom stereocenters. The van der Waals surface area contributed by atoms with E-state index in [0.717, 1.165) is 6.42 Å². The Labute approximate surface area is 118 Å². The standard InChI is InChI=1S/C13H22N4O3/c1-4-5-10(14)13(19)16-11-7-17(8-15-11)9(2)6-12(18)20-3/h7-10H,4-6,14H2,1-3H3,(H,16,19). The minimum absolute atomic E-state index is 0.0927. The average Bonchev–Trinajstić information content (AvgIpc) is 2.87. The number of nitrogens with two attached hydrogens (primary N) is 1. The number of esters is 1. The number of rotatable bonds is 7. The van der Waals surface area contributed by atoms with Gasteiger partial charge < -0.3 is 20.4 Å². The molecular weight excluding hydrogens is 260 g/mol. The summed E-state index contributed by atoms with van der Waals surface area (Å²) in [6, 6.07) is -0.623. The first-order valence-electron chi connectivity index (χ1n) is 6.64. The third-order valence-corrected chi connectivity index (χ3v) is 2.99. The second-order valence-electron chi connectivity index (χ2n) is 4.72. The van der Waals surface area contributed by atoms with Crippen molar-refractivity contribution in [1.29, 1.82) is 0 Å². The summed E-state index contributed by atoms with van der Waals surface area (Å²) >= 11 is 0. The van der Waals surface area contributed by atoms with Crippen molar-refractivity contribution >= 4 is 17.7 Å². The van der Waals surface area contributed by atoms with Crippen LogP contribution >= 0.6 is 0 Å². The molecule has 1 rings (SSSR count). The normalized spacial score (nSPS) is 13.6. The van der Waals surface area contributed by atoms with Crippen LogP contribution in [0.1, 0.15) is 39.2 Å². The molecule has 0 aliphatic heterocycles. The van der Waals surface area contributed by atoms with Crippen LogP contribution in [0.5, 0.6) is 0 Å². The van der Waals surface area contributed by atoms with E-state index >= 15 is 0 Å². The summed E-state index contributed by atoms with van der Waals surface area (Å²) in [5, 5.41) is 2.66. The highest BCUT2D eigenvalue weighted by atomic mass is 16.5. The molecule has 7 nitrogen and oxygen atoms in total. The molecule has 112 valence electrons. The van der Waals surface area contributed by atoms with Crippen LogP contribution in [0.2, 0.25) is 0 Å². The molecule has 1 aromatic rings. The lowest BCUT2D eigenvalue weighted by molar-refractivity contribution is -0.141. The van der Waals surface area contributed by atoms with E-state index in [-0.39, 0.29) is 24.3 Å². The first kappa shape index (κ1) is 16.2. The van der Waals surface area contributed by atoms with Crippen molar-refractivity contribution in [3.05, 3.63) is 12.5 Å². The number of nitrogens with one attached hydrogen (secondary N) is 1. The second kappa shape index (κ2) is 7.64. The number of ether oxygens (including phenoxy) is 1. The maximum Gasteiger partial charge on any atom is 0.307 e. The minimum atomic E-state index is -0.530. The predicted molar refractivity (Wildman–Crippen MR) is 75.1 cm³/mol. The third-order valence-electron chi connectivity index (χ3n) is 2.99. The molecular formula is C13H22N4O3. The van der Waals surface area contributed by atoms with Gasteiger partial charge in [-0.05, 0) is 13.3 Å². The predicted octanol–water partition coefficient (Wildman–Crippen LogP) is 1.07. The van der Waals surface area contributed by atoms with Crippen molar-refractivity contribution in [3.8, 4) is 0 Å². The van der Waals surface area contributed by atoms with Crippen molar-refractivity contribution in [2.24, 2.45) is 5.73 Å². The van der Waals surface area contributed by atoms with E-state index in [1.165, 1.54) is 7.11 Å². The number of aromatic nitrogens is 2. The quantitative estimate of drug-likeness (QED) is 0.729. The summed E-state index contributed by atoms with van der Waals surface area (Å²) in [5.41, 5.74) is 5.72. The average molecular weight is 282 g/mol. The third kappa shape index (κ3) is 4.65. The Kier molecular flexibility index (Phi) is 6.17. The van der Waals surface area contributed by atoms with Gasteiger partial charge in [0.25, 0.3) is 0 Å². The molecule has 0 bridgehead atoms. The van der Waals surface area contributed by atoms with Gasteiger partial charge in [0.2, 0.25) is 5.91 Å². The van der Waals surface area contributed by atoms with Gasteiger partial charge in [0.05, 0.1) is 25.9 Å². The van der Waals surface area contributed by atoms with E-state index in [1.54, 1.807) is 17.1 Å². The molecule has 0 aromatic carbocycles. The first-order chi connectivity index (χ1) is 9.47. The smallest absolute Gasteiger partial charge is 0.307 e. The summed E-state index contributed by atoms with van der Waals surface area (Å²) in [6.45, 7) is 3.84. The van der Waals surface area contributed by atoms with Crippen LogP contribution in [0.15, 0.2) is 12.5 Å². The molecule has 0 aliphatic rings. The van der Waals surface area contributed by atoms with E-state index in [1.807, 2.05) is 13.8 Å². The fraction of sp³-hybridized carbons (Fsp3) is 0.615. The molecule has 7 heteroatoms. The molecule has 2 unspecified atom stereocenters. The molecule has 1 aromatic heterocycles. The number of carbonyl (C=O) groups is 2. The molecule has 20 heavy (non-hydrogen) atoms. The number of imidazole rings is 1. The lowest BCUT2D eigenvalue weighted by Crippen LogP contribution is -2.35. The van der Waals surface area contributed by atoms with Crippen LogP contribution in [0.3, 0.4) is 0 Å². The van der Waals surface area contributed by atoms with Crippen molar-refractivity contribution in [2.45, 2.75) is 45.2 Å². The van der Waals surface area contributed by atoms with E-state index in [4.69, 9.17) is 5.73 Å². The topological polar surface area (TPSA) is 99.2 Å². The second-order valence-corrected chi connectivity index (χ2v) is 4.72. The van der Waals surface area contributed by atoms with Crippen LogP contribution in [0.4, 0.5) is 5.82 Å². The Morgan fingerprint density at radius 1 is 1.55 bits per heavy atom. The van der Waals surface area contributed by atoms with Gasteiger partial charge >= 0.3 is 5.97 Å². The van der Waals surface area contributed by atoms with Crippen LogP contribution in [0.25, 0.3) is 0 Å². The molecule has 0 saturated carbocycles. The van der Waals surface area contributed by atoms with Crippen molar-refractivity contribution in [3.63, 3.8) is 0 Å². The fourth-order valence-corrected chi connectivity index (χ4v) is 1.73. The van der Waals surface area contributed by atoms with Gasteiger partial charge in [-0.3, -0.25) is 9.59 Å². The molecule has 0 saturated heterocycles. The molecule has 0 radical (unpaired) electrons. The fourth-order valence-electron chi connectivity index (χ4n) is 1.73. The van der Waals surface area contributed by atoms with E-state index < -0.39 is 6.04 Å². The van der Waals surface area contributed by atoms with Gasteiger partial charge in [-0.2, -0.15) is 0 Å². The summed E-state index contributed by atoms with van der Waals surface area (Å²) in [7, 11) is 1.35. The molecule has 0 fully saturated rings. The van der Waals surface area contributed by atoms with E-state index in [0.29, 0.717) is 12.2 Å². The molecule has 1 heterocycles. The SMILES string of the molecule is CCCC(N)C(=O)Nc1cn(C(C)CC(=O)OC)cn1. The molecule has 1 amide bonds. The van der Waals surface area contributed by atoms with Gasteiger partial charge in [-0.15, -0.1) is 0 Å². The van der Waals surface area contributed by atoms with Crippen LogP contribution in [-0.2, 0) is 14.3 Å². The van der Waals surface area contributed by atoms with Gasteiger partial charge in [0, 0.05) is 12.2 Å². The number of hydrogen-bond acceptors (Lipinski definition) is 5. The zero-order chi connectivity index (χ0) is 15.1. The lowest BCUT2D eigenvalue weighted by atomic mass is 10.2. The van der Waals surface area contributed by atoms with E-state index in [2.05, 4.69) is 15.0 Å². The molecule has 3 N–H and O–H groups in total. The number of anilines is 1. The monoisotopic (exact) mass is 282 g/mol. The zero-order valence-electron chi connectivity index (χ0n) is 12.1. The Morgan fingerprint density at radius 2 is 2.25 bits per heavy atom. The van der Waals surface area contributed by atoms with Crippen molar-refractivity contribution in [1.82, 2.24) is 9.55 Å². The summed E-state index contributed by atoms with van der Waals surface area (Å²) < 4.78 is 6.36. The highest BCUT2D eigenvalue weighted by Crippen LogP contribution is 2.14. The van der Waals surface area contributed by atoms with Crippen LogP contribution in [-0.4, -0.2) is 34.6 Å². The van der Waals surface area contributed by atoms with E-state index in [9.17, 15) is 9.59 Å². The highest BCUT2D eigenvalue weighted by molar-refractivity contribution is 5.93. The summed E-state index contributed by atoms with van der Waals surface area (Å²) in [6.07, 6.45) is 4.96. The number of methoxy groups -OCH3 is 1. The largest absolute Gasteiger partial charge is 0.469 e. The number of amides is 1. The molecule has 0 spiro atoms. The summed E-state index contributed by atoms with van der Waals surface area (Å²) in [5.74, 6) is -0.113. The first-order valence-corrected chi connectivity index (χ1v) is 6.64. The van der Waals surface area contributed by atoms with Crippen molar-refractivity contribution < 1.29 is 14.3 Å². The van der Waals surface area contributed by atoms with Crippen molar-refractivity contribution in [2.75, 3.05) is 12.4 Å². The van der Waals surface area contributed by atoms with Gasteiger partial charge in [-0.1, -0.05) is 13.3 Å². The Bertz CT molecular complexity index is 458. The van der Waals surface area contributed by atoms with Gasteiger partial charge in [0.1, 0.15) is 0 Å². The van der Waals surface area contributed by atoms with Crippen LogP contribution < -0.4 is 11.1 Å². The number of hydrogen-bond donors (Lipinski definition) is 2. The van der Waals surface area contributed by atoms with Gasteiger partial charge in [0.15, 0.2) is 5.82 Å². The number of nitrogens with zero attached hydrogens (tertiary/aromatic N) is 2. The Balaban J connectivity index is 2.59. The lowest BCUT2D eigenvalue weighted by Gasteiger charge is -2.11. The van der Waals surface area contributed by atoms with Gasteiger partial charge in [-0.25, -0.2) is 4.98 Å². The van der Waals surface area contributed by atoms with Crippen LogP contribution in [0, 0.1) is 0 Å². The Hall–Kier alpha value is -1.89. The number of carbonyl (C=O) groups excluding carboxylic acids is 2. The zero-order valence-corrected chi connectivity index (χ0v) is 12.1. The Morgan fingerprint density at radius 3 is 2.85 bits per heavy atom. The summed E-state index contributed by atoms with van der Waals surface area (Å²) in [4.78, 5) is 27.0. The maximum atomic E-state index is 11.7.